The van der Waals surface area contributed by atoms with Crippen molar-refractivity contribution >= 4 is 15.7 Å². The summed E-state index contributed by atoms with van der Waals surface area (Å²) in [6.45, 7) is 4.33. The lowest BCUT2D eigenvalue weighted by atomic mass is 10.0. The molecule has 108 valence electrons. The standard InChI is InChI=1S/C11H24N2O4S/c1-8(2)10(7-17-3)13-11(14)9(12)5-6-18(4,15)16/h8-10H,5-7,12H2,1-4H3,(H,13,14). The molecule has 2 atom stereocenters. The first-order chi connectivity index (χ1) is 8.17. The van der Waals surface area contributed by atoms with Crippen LogP contribution in [0.1, 0.15) is 20.3 Å². The lowest BCUT2D eigenvalue weighted by Crippen LogP contribution is -2.49. The number of rotatable bonds is 8. The number of nitrogens with one attached hydrogen (secondary N) is 1. The van der Waals surface area contributed by atoms with E-state index in [1.54, 1.807) is 7.11 Å². The highest BCUT2D eigenvalue weighted by Gasteiger charge is 2.21. The van der Waals surface area contributed by atoms with E-state index in [2.05, 4.69) is 5.32 Å². The number of nitrogens with two attached hydrogens (primary N) is 1. The average Bonchev–Trinajstić information content (AvgIpc) is 2.23. The van der Waals surface area contributed by atoms with Crippen molar-refractivity contribution in [1.29, 1.82) is 0 Å². The summed E-state index contributed by atoms with van der Waals surface area (Å²) >= 11 is 0. The van der Waals surface area contributed by atoms with Gasteiger partial charge in [0.25, 0.3) is 0 Å². The summed E-state index contributed by atoms with van der Waals surface area (Å²) in [5.41, 5.74) is 5.65. The van der Waals surface area contributed by atoms with E-state index in [0.29, 0.717) is 6.61 Å². The van der Waals surface area contributed by atoms with Gasteiger partial charge < -0.3 is 15.8 Å². The first-order valence-electron chi connectivity index (χ1n) is 5.90. The molecule has 0 aliphatic heterocycles. The van der Waals surface area contributed by atoms with Gasteiger partial charge in [0, 0.05) is 13.4 Å². The van der Waals surface area contributed by atoms with E-state index >= 15 is 0 Å². The van der Waals surface area contributed by atoms with Gasteiger partial charge in [-0.1, -0.05) is 13.8 Å². The van der Waals surface area contributed by atoms with Crippen LogP contribution in [0, 0.1) is 5.92 Å². The van der Waals surface area contributed by atoms with Gasteiger partial charge in [0.05, 0.1) is 24.4 Å². The minimum Gasteiger partial charge on any atom is -0.383 e. The van der Waals surface area contributed by atoms with E-state index in [9.17, 15) is 13.2 Å². The predicted molar refractivity (Wildman–Crippen MR) is 70.9 cm³/mol. The van der Waals surface area contributed by atoms with Crippen molar-refractivity contribution in [2.45, 2.75) is 32.4 Å². The molecule has 0 bridgehead atoms. The van der Waals surface area contributed by atoms with Crippen LogP contribution in [0.25, 0.3) is 0 Å². The topological polar surface area (TPSA) is 98.5 Å². The fraction of sp³-hybridized carbons (Fsp3) is 0.909. The number of hydrogen-bond acceptors (Lipinski definition) is 5. The van der Waals surface area contributed by atoms with Crippen molar-refractivity contribution in [2.24, 2.45) is 11.7 Å². The number of hydrogen-bond donors (Lipinski definition) is 2. The van der Waals surface area contributed by atoms with Crippen LogP contribution in [0.2, 0.25) is 0 Å². The zero-order valence-corrected chi connectivity index (χ0v) is 12.3. The summed E-state index contributed by atoms with van der Waals surface area (Å²) in [7, 11) is -1.53. The first kappa shape index (κ1) is 17.3. The molecule has 2 unspecified atom stereocenters. The summed E-state index contributed by atoms with van der Waals surface area (Å²) in [5.74, 6) is -0.205. The first-order valence-corrected chi connectivity index (χ1v) is 7.96. The molecule has 18 heavy (non-hydrogen) atoms. The maximum atomic E-state index is 11.8. The third-order valence-electron chi connectivity index (χ3n) is 2.62. The Hall–Kier alpha value is -0.660. The maximum Gasteiger partial charge on any atom is 0.237 e. The molecule has 0 aliphatic carbocycles. The third-order valence-corrected chi connectivity index (χ3v) is 3.59. The highest BCUT2D eigenvalue weighted by atomic mass is 32.2. The van der Waals surface area contributed by atoms with Gasteiger partial charge >= 0.3 is 0 Å². The summed E-state index contributed by atoms with van der Waals surface area (Å²) in [4.78, 5) is 11.8. The molecule has 0 spiro atoms. The van der Waals surface area contributed by atoms with Crippen molar-refractivity contribution in [1.82, 2.24) is 5.32 Å². The van der Waals surface area contributed by atoms with Crippen molar-refractivity contribution in [3.8, 4) is 0 Å². The van der Waals surface area contributed by atoms with Crippen molar-refractivity contribution < 1.29 is 17.9 Å². The molecule has 0 heterocycles. The number of sulfone groups is 1. The minimum absolute atomic E-state index is 0.0851. The van der Waals surface area contributed by atoms with E-state index in [1.807, 2.05) is 13.8 Å². The molecule has 0 fully saturated rings. The fourth-order valence-corrected chi connectivity index (χ4v) is 2.02. The van der Waals surface area contributed by atoms with E-state index in [0.717, 1.165) is 6.26 Å². The molecule has 0 aromatic heterocycles. The molecule has 6 nitrogen and oxygen atoms in total. The van der Waals surface area contributed by atoms with Gasteiger partial charge in [0.1, 0.15) is 9.84 Å². The van der Waals surface area contributed by atoms with Crippen molar-refractivity contribution in [3.05, 3.63) is 0 Å². The lowest BCUT2D eigenvalue weighted by molar-refractivity contribution is -0.123. The Balaban J connectivity index is 4.28. The molecular weight excluding hydrogens is 256 g/mol. The number of carbonyl (C=O) groups is 1. The number of methoxy groups -OCH3 is 1. The summed E-state index contributed by atoms with van der Waals surface area (Å²) in [5, 5.41) is 2.77. The van der Waals surface area contributed by atoms with Crippen LogP contribution >= 0.6 is 0 Å². The van der Waals surface area contributed by atoms with Crippen LogP contribution in [-0.2, 0) is 19.4 Å². The fourth-order valence-electron chi connectivity index (χ4n) is 1.34. The van der Waals surface area contributed by atoms with Crippen LogP contribution in [0.3, 0.4) is 0 Å². The molecule has 0 rings (SSSR count). The highest BCUT2D eigenvalue weighted by Crippen LogP contribution is 2.03. The zero-order valence-electron chi connectivity index (χ0n) is 11.5. The Morgan fingerprint density at radius 2 is 1.94 bits per heavy atom. The minimum atomic E-state index is -3.09. The smallest absolute Gasteiger partial charge is 0.237 e. The lowest BCUT2D eigenvalue weighted by Gasteiger charge is -2.23. The SMILES string of the molecule is COCC(NC(=O)C(N)CCS(C)(=O)=O)C(C)C. The van der Waals surface area contributed by atoms with E-state index in [-0.39, 0.29) is 30.0 Å². The Bertz CT molecular complexity index is 354. The molecule has 0 radical (unpaired) electrons. The van der Waals surface area contributed by atoms with Crippen LogP contribution < -0.4 is 11.1 Å². The monoisotopic (exact) mass is 280 g/mol. The largest absolute Gasteiger partial charge is 0.383 e. The number of carbonyl (C=O) groups excluding carboxylic acids is 1. The van der Waals surface area contributed by atoms with Crippen molar-refractivity contribution in [2.75, 3.05) is 25.7 Å². The molecule has 0 aliphatic rings. The quantitative estimate of drug-likeness (QED) is 0.626. The van der Waals surface area contributed by atoms with E-state index in [4.69, 9.17) is 10.5 Å². The van der Waals surface area contributed by atoms with Gasteiger partial charge in [0.15, 0.2) is 0 Å². The Morgan fingerprint density at radius 1 is 1.39 bits per heavy atom. The highest BCUT2D eigenvalue weighted by molar-refractivity contribution is 7.90. The Morgan fingerprint density at radius 3 is 2.33 bits per heavy atom. The second kappa shape index (κ2) is 7.70. The summed E-state index contributed by atoms with van der Waals surface area (Å²) < 4.78 is 27.0. The zero-order chi connectivity index (χ0) is 14.3. The maximum absolute atomic E-state index is 11.8. The third kappa shape index (κ3) is 7.62. The Labute approximate surface area is 109 Å². The van der Waals surface area contributed by atoms with E-state index < -0.39 is 15.9 Å². The van der Waals surface area contributed by atoms with Gasteiger partial charge in [-0.05, 0) is 12.3 Å². The predicted octanol–water partition coefficient (Wildman–Crippen LogP) is -0.464. The van der Waals surface area contributed by atoms with Gasteiger partial charge in [-0.2, -0.15) is 0 Å². The van der Waals surface area contributed by atoms with Crippen molar-refractivity contribution in [3.63, 3.8) is 0 Å². The molecule has 0 aromatic rings. The molecule has 0 saturated heterocycles. The second-order valence-electron chi connectivity index (χ2n) is 4.84. The Kier molecular flexibility index (Phi) is 7.42. The normalized spacial score (nSPS) is 15.4. The average molecular weight is 280 g/mol. The van der Waals surface area contributed by atoms with E-state index in [1.165, 1.54) is 0 Å². The van der Waals surface area contributed by atoms with Gasteiger partial charge in [0.2, 0.25) is 5.91 Å². The van der Waals surface area contributed by atoms with Crippen LogP contribution in [-0.4, -0.2) is 52.1 Å². The summed E-state index contributed by atoms with van der Waals surface area (Å²) in [6, 6.07) is -0.926. The van der Waals surface area contributed by atoms with Gasteiger partial charge in [-0.3, -0.25) is 4.79 Å². The van der Waals surface area contributed by atoms with Crippen LogP contribution in [0.15, 0.2) is 0 Å². The molecule has 7 heteroatoms. The second-order valence-corrected chi connectivity index (χ2v) is 7.10. The molecular formula is C11H24N2O4S. The molecule has 0 saturated carbocycles. The summed E-state index contributed by atoms with van der Waals surface area (Å²) in [6.07, 6.45) is 1.25. The van der Waals surface area contributed by atoms with Gasteiger partial charge in [-0.25, -0.2) is 8.42 Å². The van der Waals surface area contributed by atoms with Crippen LogP contribution in [0.4, 0.5) is 0 Å². The van der Waals surface area contributed by atoms with Gasteiger partial charge in [-0.15, -0.1) is 0 Å². The van der Waals surface area contributed by atoms with Crippen LogP contribution in [0.5, 0.6) is 0 Å². The molecule has 0 aromatic carbocycles. The number of amides is 1. The number of ether oxygens (including phenoxy) is 1. The molecule has 1 amide bonds. The molecule has 3 N–H and O–H groups in total.